The lowest BCUT2D eigenvalue weighted by Gasteiger charge is -2.30. The van der Waals surface area contributed by atoms with Crippen LogP contribution in [0.2, 0.25) is 0 Å². The van der Waals surface area contributed by atoms with E-state index in [1.807, 2.05) is 60.7 Å². The Bertz CT molecular complexity index is 1650. The molecule has 9 heteroatoms. The first-order valence-electron chi connectivity index (χ1n) is 13.8. The maximum absolute atomic E-state index is 14.1. The van der Waals surface area contributed by atoms with E-state index in [-0.39, 0.29) is 24.5 Å². The first-order valence-corrected chi connectivity index (χ1v) is 15.3. The highest BCUT2D eigenvalue weighted by Gasteiger charge is 2.50. The number of cyclic esters (lactones) is 1. The summed E-state index contributed by atoms with van der Waals surface area (Å²) in [4.78, 5) is 28.3. The minimum absolute atomic E-state index is 0.0471. The van der Waals surface area contributed by atoms with Gasteiger partial charge in [-0.15, -0.1) is 0 Å². The van der Waals surface area contributed by atoms with Crippen molar-refractivity contribution in [1.29, 1.82) is 0 Å². The number of nitrogens with zero attached hydrogens (tertiary/aromatic N) is 2. The molecule has 2 fully saturated rings. The number of hydrogen-bond donors (Lipinski definition) is 0. The van der Waals surface area contributed by atoms with E-state index in [0.29, 0.717) is 17.9 Å². The Hall–Kier alpha value is -4.47. The van der Waals surface area contributed by atoms with E-state index in [2.05, 4.69) is 0 Å². The Labute approximate surface area is 245 Å². The van der Waals surface area contributed by atoms with Gasteiger partial charge in [-0.1, -0.05) is 91.0 Å². The van der Waals surface area contributed by atoms with Crippen LogP contribution < -0.4 is 4.74 Å². The van der Waals surface area contributed by atoms with Gasteiger partial charge in [0, 0.05) is 6.54 Å². The van der Waals surface area contributed by atoms with Gasteiger partial charge < -0.3 is 9.47 Å². The van der Waals surface area contributed by atoms with Gasteiger partial charge in [0.05, 0.1) is 16.9 Å². The van der Waals surface area contributed by atoms with Crippen LogP contribution in [0, 0.1) is 5.92 Å². The zero-order chi connectivity index (χ0) is 29.1. The number of sulfonamides is 1. The molecule has 42 heavy (non-hydrogen) atoms. The largest absolute Gasteiger partial charge is 0.489 e. The molecule has 214 valence electrons. The lowest BCUT2D eigenvalue weighted by Crippen LogP contribution is -2.41. The molecule has 2 aliphatic heterocycles. The second kappa shape index (κ2) is 11.8. The van der Waals surface area contributed by atoms with Crippen molar-refractivity contribution >= 4 is 22.0 Å². The summed E-state index contributed by atoms with van der Waals surface area (Å²) < 4.78 is 40.4. The van der Waals surface area contributed by atoms with Gasteiger partial charge in [0.2, 0.25) is 15.9 Å². The Balaban J connectivity index is 1.32. The summed E-state index contributed by atoms with van der Waals surface area (Å²) in [6.45, 7) is 0.562. The molecule has 4 aromatic rings. The van der Waals surface area contributed by atoms with Crippen molar-refractivity contribution in [3.05, 3.63) is 132 Å². The van der Waals surface area contributed by atoms with Crippen molar-refractivity contribution in [2.45, 2.75) is 30.0 Å². The fraction of sp³-hybridized carbons (Fsp3) is 0.212. The zero-order valence-electron chi connectivity index (χ0n) is 22.8. The summed E-state index contributed by atoms with van der Waals surface area (Å²) in [5, 5.41) is 0. The Morgan fingerprint density at radius 3 is 2.10 bits per heavy atom. The van der Waals surface area contributed by atoms with E-state index in [4.69, 9.17) is 9.47 Å². The number of carbonyl (C=O) groups excluding carboxylic acids is 2. The number of ether oxygens (including phenoxy) is 2. The van der Waals surface area contributed by atoms with Crippen LogP contribution in [0.25, 0.3) is 0 Å². The molecule has 0 unspecified atom stereocenters. The number of amides is 2. The molecule has 0 aromatic heterocycles. The highest BCUT2D eigenvalue weighted by molar-refractivity contribution is 7.89. The normalized spacial score (nSPS) is 20.8. The van der Waals surface area contributed by atoms with Crippen molar-refractivity contribution in [1.82, 2.24) is 9.21 Å². The van der Waals surface area contributed by atoms with E-state index in [0.717, 1.165) is 16.0 Å². The third-order valence-corrected chi connectivity index (χ3v) is 9.68. The van der Waals surface area contributed by atoms with Crippen LogP contribution in [0.1, 0.15) is 35.2 Å². The molecule has 0 radical (unpaired) electrons. The number of benzene rings is 4. The van der Waals surface area contributed by atoms with Crippen LogP contribution in [0.5, 0.6) is 5.75 Å². The minimum Gasteiger partial charge on any atom is -0.489 e. The van der Waals surface area contributed by atoms with Gasteiger partial charge in [0.1, 0.15) is 25.0 Å². The predicted octanol–water partition coefficient (Wildman–Crippen LogP) is 5.74. The molecule has 2 heterocycles. The van der Waals surface area contributed by atoms with Crippen LogP contribution in [-0.2, 0) is 26.2 Å². The molecule has 2 amide bonds. The molecule has 2 aliphatic rings. The number of imide groups is 1. The average molecular weight is 583 g/mol. The van der Waals surface area contributed by atoms with Crippen LogP contribution >= 0.6 is 0 Å². The quantitative estimate of drug-likeness (QED) is 0.263. The van der Waals surface area contributed by atoms with Crippen molar-refractivity contribution in [3.63, 3.8) is 0 Å². The Morgan fingerprint density at radius 1 is 0.810 bits per heavy atom. The summed E-state index contributed by atoms with van der Waals surface area (Å²) in [6, 6.07) is 32.9. The molecule has 0 N–H and O–H groups in total. The van der Waals surface area contributed by atoms with Crippen molar-refractivity contribution < 1.29 is 27.5 Å². The fourth-order valence-corrected chi connectivity index (χ4v) is 7.37. The average Bonchev–Trinajstić information content (AvgIpc) is 3.66. The fourth-order valence-electron chi connectivity index (χ4n) is 5.68. The van der Waals surface area contributed by atoms with Crippen LogP contribution in [0.15, 0.2) is 120 Å². The van der Waals surface area contributed by atoms with E-state index < -0.39 is 40.0 Å². The molecular formula is C33H30N2O6S. The maximum atomic E-state index is 14.1. The summed E-state index contributed by atoms with van der Waals surface area (Å²) in [6.07, 6.45) is -0.464. The highest BCUT2D eigenvalue weighted by atomic mass is 32.2. The van der Waals surface area contributed by atoms with E-state index in [9.17, 15) is 18.0 Å². The van der Waals surface area contributed by atoms with Crippen molar-refractivity contribution in [2.75, 3.05) is 13.2 Å². The predicted molar refractivity (Wildman–Crippen MR) is 156 cm³/mol. The SMILES string of the molecule is O=C1OC[C@H](c2ccccc2)N1C(=O)[C@@H]1CCN(S(=O)(=O)c2ccccc2)[C@@H]1c1ccc(OCc2ccccc2)cc1. The van der Waals surface area contributed by atoms with Crippen LogP contribution in [0.4, 0.5) is 4.79 Å². The van der Waals surface area contributed by atoms with Gasteiger partial charge in [0.25, 0.3) is 0 Å². The van der Waals surface area contributed by atoms with Crippen molar-refractivity contribution in [3.8, 4) is 5.75 Å². The Kier molecular flexibility index (Phi) is 7.78. The lowest BCUT2D eigenvalue weighted by atomic mass is 9.92. The molecule has 0 bridgehead atoms. The van der Waals surface area contributed by atoms with Gasteiger partial charge in [-0.25, -0.2) is 18.1 Å². The van der Waals surface area contributed by atoms with Gasteiger partial charge in [-0.2, -0.15) is 4.31 Å². The number of hydrogen-bond acceptors (Lipinski definition) is 6. The highest BCUT2D eigenvalue weighted by Crippen LogP contribution is 2.44. The van der Waals surface area contributed by atoms with E-state index in [1.165, 1.54) is 4.31 Å². The first kappa shape index (κ1) is 27.7. The molecular weight excluding hydrogens is 552 g/mol. The third kappa shape index (κ3) is 5.41. The monoisotopic (exact) mass is 582 g/mol. The van der Waals surface area contributed by atoms with Crippen LogP contribution in [-0.4, -0.2) is 42.8 Å². The molecule has 3 atom stereocenters. The zero-order valence-corrected chi connectivity index (χ0v) is 23.6. The number of carbonyl (C=O) groups is 2. The molecule has 2 saturated heterocycles. The molecule has 0 spiro atoms. The first-order chi connectivity index (χ1) is 20.4. The van der Waals surface area contributed by atoms with Gasteiger partial charge in [-0.05, 0) is 47.4 Å². The van der Waals surface area contributed by atoms with Gasteiger partial charge >= 0.3 is 6.09 Å². The molecule has 6 rings (SSSR count). The van der Waals surface area contributed by atoms with Gasteiger partial charge in [0.15, 0.2) is 0 Å². The standard InChI is InChI=1S/C33H30N2O6S/c36-32(35-30(23-41-33(35)37)25-12-6-2-7-13-25)29-20-21-34(42(38,39)28-14-8-3-9-15-28)31(29)26-16-18-27(19-17-26)40-22-24-10-4-1-5-11-24/h1-19,29-31H,20-23H2/t29-,30-,31-/m1/s1. The third-order valence-electron chi connectivity index (χ3n) is 7.78. The summed E-state index contributed by atoms with van der Waals surface area (Å²) in [7, 11) is -3.95. The molecule has 0 aliphatic carbocycles. The summed E-state index contributed by atoms with van der Waals surface area (Å²) in [5.74, 6) is -0.629. The topological polar surface area (TPSA) is 93.2 Å². The molecule has 4 aromatic carbocycles. The van der Waals surface area contributed by atoms with Crippen molar-refractivity contribution in [2.24, 2.45) is 5.92 Å². The second-order valence-electron chi connectivity index (χ2n) is 10.3. The van der Waals surface area contributed by atoms with Crippen LogP contribution in [0.3, 0.4) is 0 Å². The molecule has 8 nitrogen and oxygen atoms in total. The lowest BCUT2D eigenvalue weighted by molar-refractivity contribution is -0.134. The van der Waals surface area contributed by atoms with E-state index in [1.54, 1.807) is 54.6 Å². The number of rotatable bonds is 8. The Morgan fingerprint density at radius 2 is 1.43 bits per heavy atom. The second-order valence-corrected chi connectivity index (χ2v) is 12.2. The summed E-state index contributed by atoms with van der Waals surface area (Å²) in [5.41, 5.74) is 2.44. The smallest absolute Gasteiger partial charge is 0.417 e. The minimum atomic E-state index is -3.95. The summed E-state index contributed by atoms with van der Waals surface area (Å²) >= 11 is 0. The van der Waals surface area contributed by atoms with Gasteiger partial charge in [-0.3, -0.25) is 4.79 Å². The molecule has 0 saturated carbocycles. The van der Waals surface area contributed by atoms with E-state index >= 15 is 0 Å². The maximum Gasteiger partial charge on any atom is 0.417 e.